The molecule has 0 aliphatic rings. The van der Waals surface area contributed by atoms with Crippen LogP contribution in [0.3, 0.4) is 0 Å². The summed E-state index contributed by atoms with van der Waals surface area (Å²) >= 11 is 0. The Bertz CT molecular complexity index is 596. The molecule has 0 aliphatic carbocycles. The van der Waals surface area contributed by atoms with Gasteiger partial charge in [0.25, 0.3) is 5.95 Å². The van der Waals surface area contributed by atoms with Crippen LogP contribution in [0, 0.1) is 20.8 Å². The number of carbonyl (C=O) groups is 1. The van der Waals surface area contributed by atoms with E-state index in [9.17, 15) is 4.79 Å². The lowest BCUT2D eigenvalue weighted by atomic mass is 10.1. The van der Waals surface area contributed by atoms with Gasteiger partial charge in [-0.2, -0.15) is 0 Å². The molecule has 18 heavy (non-hydrogen) atoms. The number of furan rings is 1. The van der Waals surface area contributed by atoms with Gasteiger partial charge in [-0.05, 0) is 49.6 Å². The Morgan fingerprint density at radius 1 is 1.22 bits per heavy atom. The van der Waals surface area contributed by atoms with Gasteiger partial charge in [-0.25, -0.2) is 4.79 Å². The van der Waals surface area contributed by atoms with E-state index in [1.165, 1.54) is 12.1 Å². The molecule has 0 aliphatic heterocycles. The third kappa shape index (κ3) is 2.37. The fourth-order valence-electron chi connectivity index (χ4n) is 1.71. The van der Waals surface area contributed by atoms with E-state index >= 15 is 0 Å². The van der Waals surface area contributed by atoms with Gasteiger partial charge >= 0.3 is 5.97 Å². The van der Waals surface area contributed by atoms with Gasteiger partial charge in [0.15, 0.2) is 0 Å². The van der Waals surface area contributed by atoms with Crippen molar-refractivity contribution < 1.29 is 19.1 Å². The molecule has 0 unspecified atom stereocenters. The van der Waals surface area contributed by atoms with Crippen LogP contribution in [-0.2, 0) is 0 Å². The number of ether oxygens (including phenoxy) is 1. The van der Waals surface area contributed by atoms with Crippen LogP contribution in [0.1, 0.15) is 27.2 Å². The Morgan fingerprint density at radius 3 is 2.56 bits per heavy atom. The van der Waals surface area contributed by atoms with Gasteiger partial charge < -0.3 is 14.3 Å². The van der Waals surface area contributed by atoms with E-state index in [1.54, 1.807) is 0 Å². The van der Waals surface area contributed by atoms with Crippen LogP contribution >= 0.6 is 0 Å². The second-order valence-corrected chi connectivity index (χ2v) is 4.23. The number of benzene rings is 1. The standard InChI is InChI=1S/C14H14O4/c1-8-6-9(2)10(3)12(7-8)18-13-5-4-11(17-13)14(15)16/h4-7H,1-3H3,(H,15,16). The lowest BCUT2D eigenvalue weighted by molar-refractivity contribution is 0.0657. The first kappa shape index (κ1) is 12.2. The number of aromatic carboxylic acids is 1. The summed E-state index contributed by atoms with van der Waals surface area (Å²) in [6, 6.07) is 6.83. The van der Waals surface area contributed by atoms with Crippen molar-refractivity contribution in [3.8, 4) is 11.7 Å². The molecule has 1 heterocycles. The third-order valence-corrected chi connectivity index (χ3v) is 2.77. The lowest BCUT2D eigenvalue weighted by Gasteiger charge is -2.09. The summed E-state index contributed by atoms with van der Waals surface area (Å²) < 4.78 is 10.6. The summed E-state index contributed by atoms with van der Waals surface area (Å²) in [5.74, 6) is -0.381. The van der Waals surface area contributed by atoms with E-state index in [1.807, 2.05) is 26.8 Å². The van der Waals surface area contributed by atoms with Gasteiger partial charge in [-0.15, -0.1) is 0 Å². The van der Waals surface area contributed by atoms with Crippen molar-refractivity contribution in [1.82, 2.24) is 0 Å². The second kappa shape index (κ2) is 4.56. The SMILES string of the molecule is Cc1cc(C)c(C)c(Oc2ccc(C(=O)O)o2)c1. The van der Waals surface area contributed by atoms with Crippen molar-refractivity contribution in [2.75, 3.05) is 0 Å². The minimum atomic E-state index is -1.11. The normalized spacial score (nSPS) is 10.4. The minimum absolute atomic E-state index is 0.132. The predicted molar refractivity (Wildman–Crippen MR) is 66.4 cm³/mol. The molecule has 0 saturated heterocycles. The van der Waals surface area contributed by atoms with Crippen LogP contribution in [0.15, 0.2) is 28.7 Å². The molecule has 1 N–H and O–H groups in total. The Labute approximate surface area is 105 Å². The van der Waals surface area contributed by atoms with Crippen LogP contribution in [0.2, 0.25) is 0 Å². The van der Waals surface area contributed by atoms with Crippen LogP contribution in [0.25, 0.3) is 0 Å². The molecule has 2 rings (SSSR count). The maximum absolute atomic E-state index is 10.7. The van der Waals surface area contributed by atoms with Gasteiger partial charge in [0.05, 0.1) is 0 Å². The van der Waals surface area contributed by atoms with E-state index in [-0.39, 0.29) is 11.7 Å². The number of hydrogen-bond donors (Lipinski definition) is 1. The summed E-state index contributed by atoms with van der Waals surface area (Å²) in [4.78, 5) is 10.7. The predicted octanol–water partition coefficient (Wildman–Crippen LogP) is 3.70. The molecule has 4 heteroatoms. The van der Waals surface area contributed by atoms with Crippen molar-refractivity contribution in [3.05, 3.63) is 46.7 Å². The summed E-state index contributed by atoms with van der Waals surface area (Å²) in [6.07, 6.45) is 0. The van der Waals surface area contributed by atoms with Gasteiger partial charge in [-0.1, -0.05) is 6.07 Å². The van der Waals surface area contributed by atoms with Crippen molar-refractivity contribution in [2.24, 2.45) is 0 Å². The highest BCUT2D eigenvalue weighted by Gasteiger charge is 2.12. The molecule has 0 radical (unpaired) electrons. The zero-order valence-corrected chi connectivity index (χ0v) is 10.5. The number of aryl methyl sites for hydroxylation is 2. The van der Waals surface area contributed by atoms with Gasteiger partial charge in [0.2, 0.25) is 5.76 Å². The molecule has 0 atom stereocenters. The van der Waals surface area contributed by atoms with E-state index in [4.69, 9.17) is 14.3 Å². The molecule has 94 valence electrons. The number of rotatable bonds is 3. The smallest absolute Gasteiger partial charge is 0.371 e. The minimum Gasteiger partial charge on any atom is -0.475 e. The molecular weight excluding hydrogens is 232 g/mol. The highest BCUT2D eigenvalue weighted by molar-refractivity contribution is 5.84. The number of carboxylic acid groups (broad SMARTS) is 1. The first-order valence-electron chi connectivity index (χ1n) is 5.56. The third-order valence-electron chi connectivity index (χ3n) is 2.77. The van der Waals surface area contributed by atoms with Crippen molar-refractivity contribution >= 4 is 5.97 Å². The van der Waals surface area contributed by atoms with Gasteiger partial charge in [0, 0.05) is 6.07 Å². The van der Waals surface area contributed by atoms with E-state index in [2.05, 4.69) is 6.07 Å². The largest absolute Gasteiger partial charge is 0.475 e. The summed E-state index contributed by atoms with van der Waals surface area (Å²) in [7, 11) is 0. The van der Waals surface area contributed by atoms with Crippen LogP contribution in [0.4, 0.5) is 0 Å². The van der Waals surface area contributed by atoms with E-state index in [0.717, 1.165) is 16.7 Å². The molecule has 0 amide bonds. The zero-order valence-electron chi connectivity index (χ0n) is 10.5. The Balaban J connectivity index is 2.30. The molecule has 2 aromatic rings. The Hall–Kier alpha value is -2.23. The fraction of sp³-hybridized carbons (Fsp3) is 0.214. The monoisotopic (exact) mass is 246 g/mol. The van der Waals surface area contributed by atoms with Crippen LogP contribution in [0.5, 0.6) is 11.7 Å². The molecule has 1 aromatic carbocycles. The molecule has 0 fully saturated rings. The summed E-state index contributed by atoms with van der Waals surface area (Å²) in [5.41, 5.74) is 3.21. The van der Waals surface area contributed by atoms with Crippen molar-refractivity contribution in [2.45, 2.75) is 20.8 Å². The average Bonchev–Trinajstić information content (AvgIpc) is 2.74. The molecule has 0 bridgehead atoms. The Kier molecular flexibility index (Phi) is 3.10. The molecule has 0 saturated carbocycles. The van der Waals surface area contributed by atoms with Crippen LogP contribution < -0.4 is 4.74 Å². The molecular formula is C14H14O4. The quantitative estimate of drug-likeness (QED) is 0.897. The molecule has 0 spiro atoms. The zero-order chi connectivity index (χ0) is 13.3. The maximum Gasteiger partial charge on any atom is 0.371 e. The first-order chi connectivity index (χ1) is 8.47. The summed E-state index contributed by atoms with van der Waals surface area (Å²) in [5, 5.41) is 8.76. The van der Waals surface area contributed by atoms with E-state index < -0.39 is 5.97 Å². The molecule has 4 nitrogen and oxygen atoms in total. The highest BCUT2D eigenvalue weighted by atomic mass is 16.6. The first-order valence-corrected chi connectivity index (χ1v) is 5.56. The lowest BCUT2D eigenvalue weighted by Crippen LogP contribution is -1.92. The van der Waals surface area contributed by atoms with Crippen molar-refractivity contribution in [3.63, 3.8) is 0 Å². The van der Waals surface area contributed by atoms with E-state index in [0.29, 0.717) is 5.75 Å². The topological polar surface area (TPSA) is 59.7 Å². The Morgan fingerprint density at radius 2 is 1.94 bits per heavy atom. The molecule has 1 aromatic heterocycles. The van der Waals surface area contributed by atoms with Crippen molar-refractivity contribution in [1.29, 1.82) is 0 Å². The highest BCUT2D eigenvalue weighted by Crippen LogP contribution is 2.29. The number of hydrogen-bond acceptors (Lipinski definition) is 3. The van der Waals surface area contributed by atoms with Crippen LogP contribution in [-0.4, -0.2) is 11.1 Å². The van der Waals surface area contributed by atoms with Gasteiger partial charge in [-0.3, -0.25) is 0 Å². The second-order valence-electron chi connectivity index (χ2n) is 4.23. The maximum atomic E-state index is 10.7. The number of carboxylic acids is 1. The summed E-state index contributed by atoms with van der Waals surface area (Å²) in [6.45, 7) is 5.93. The fourth-order valence-corrected chi connectivity index (χ4v) is 1.71. The van der Waals surface area contributed by atoms with Gasteiger partial charge in [0.1, 0.15) is 5.75 Å². The average molecular weight is 246 g/mol.